The molecule has 0 radical (unpaired) electrons. The number of aliphatic hydroxyl groups is 1. The maximum atomic E-state index is 12.1. The third-order valence-electron chi connectivity index (χ3n) is 5.98. The van der Waals surface area contributed by atoms with Gasteiger partial charge in [-0.05, 0) is 59.0 Å². The zero-order valence-corrected chi connectivity index (χ0v) is 21.1. The predicted molar refractivity (Wildman–Crippen MR) is 137 cm³/mol. The highest BCUT2D eigenvalue weighted by Gasteiger charge is 2.37. The van der Waals surface area contributed by atoms with Crippen LogP contribution in [0.1, 0.15) is 27.5 Å². The maximum absolute atomic E-state index is 12.1. The van der Waals surface area contributed by atoms with Gasteiger partial charge in [0, 0.05) is 25.1 Å². The molecule has 0 amide bonds. The molecule has 1 N–H and O–H groups in total. The van der Waals surface area contributed by atoms with E-state index in [-0.39, 0.29) is 0 Å². The number of hydrogen-bond acceptors (Lipinski definition) is 7. The van der Waals surface area contributed by atoms with Gasteiger partial charge in [-0.3, -0.25) is 4.90 Å². The van der Waals surface area contributed by atoms with Crippen molar-refractivity contribution >= 4 is 11.3 Å². The van der Waals surface area contributed by atoms with Crippen molar-refractivity contribution in [1.82, 2.24) is 4.90 Å². The van der Waals surface area contributed by atoms with E-state index in [2.05, 4.69) is 22.4 Å². The van der Waals surface area contributed by atoms with Crippen molar-refractivity contribution < 1.29 is 23.7 Å². The number of thiophene rings is 1. The third kappa shape index (κ3) is 5.77. The fourth-order valence-corrected chi connectivity index (χ4v) is 4.80. The van der Waals surface area contributed by atoms with Gasteiger partial charge in [0.15, 0.2) is 5.60 Å². The van der Waals surface area contributed by atoms with Crippen molar-refractivity contribution in [1.29, 1.82) is 0 Å². The topological polar surface area (TPSA) is 64.3 Å². The lowest BCUT2D eigenvalue weighted by atomic mass is 9.84. The van der Waals surface area contributed by atoms with Crippen LogP contribution in [0, 0.1) is 0 Å². The van der Waals surface area contributed by atoms with E-state index in [9.17, 15) is 5.11 Å². The molecule has 0 fully saturated rings. The fraction of sp³-hybridized carbons (Fsp3) is 0.286. The lowest BCUT2D eigenvalue weighted by molar-refractivity contribution is 0.0932. The molecular formula is C28H31NO5S. The van der Waals surface area contributed by atoms with Gasteiger partial charge in [0.25, 0.3) is 0 Å². The number of hydrogen-bond donors (Lipinski definition) is 1. The van der Waals surface area contributed by atoms with Crippen molar-refractivity contribution in [2.45, 2.75) is 18.7 Å². The highest BCUT2D eigenvalue weighted by Crippen LogP contribution is 2.39. The van der Waals surface area contributed by atoms with E-state index in [1.165, 1.54) is 4.88 Å². The second-order valence-corrected chi connectivity index (χ2v) is 9.25. The third-order valence-corrected chi connectivity index (χ3v) is 6.85. The molecule has 0 aliphatic carbocycles. The average molecular weight is 494 g/mol. The van der Waals surface area contributed by atoms with Gasteiger partial charge in [-0.15, -0.1) is 11.3 Å². The molecule has 0 aliphatic heterocycles. The van der Waals surface area contributed by atoms with Gasteiger partial charge in [0.1, 0.15) is 23.0 Å². The van der Waals surface area contributed by atoms with E-state index < -0.39 is 5.60 Å². The van der Waals surface area contributed by atoms with Gasteiger partial charge < -0.3 is 23.7 Å². The molecule has 0 unspecified atom stereocenters. The molecule has 0 atom stereocenters. The predicted octanol–water partition coefficient (Wildman–Crippen LogP) is 5.29. The smallest absolute Gasteiger partial charge is 0.173 e. The normalized spacial score (nSPS) is 11.7. The lowest BCUT2D eigenvalue weighted by Gasteiger charge is -2.28. The Morgan fingerprint density at radius 3 is 1.97 bits per heavy atom. The molecule has 4 rings (SSSR count). The van der Waals surface area contributed by atoms with Crippen LogP contribution >= 0.6 is 11.3 Å². The summed E-state index contributed by atoms with van der Waals surface area (Å²) in [5.41, 5.74) is -0.125. The minimum Gasteiger partial charge on any atom is -0.497 e. The first-order valence-corrected chi connectivity index (χ1v) is 12.3. The van der Waals surface area contributed by atoms with Crippen LogP contribution in [0.2, 0.25) is 0 Å². The number of ether oxygens (including phenoxy) is 3. The Morgan fingerprint density at radius 1 is 0.829 bits per heavy atom. The Kier molecular flexibility index (Phi) is 8.25. The Balaban J connectivity index is 1.66. The van der Waals surface area contributed by atoms with E-state index in [4.69, 9.17) is 18.6 Å². The van der Waals surface area contributed by atoms with E-state index in [0.29, 0.717) is 41.5 Å². The van der Waals surface area contributed by atoms with Crippen LogP contribution in [0.5, 0.6) is 11.5 Å². The van der Waals surface area contributed by atoms with Gasteiger partial charge >= 0.3 is 0 Å². The van der Waals surface area contributed by atoms with Crippen LogP contribution in [0.15, 0.2) is 82.6 Å². The molecule has 0 spiro atoms. The summed E-state index contributed by atoms with van der Waals surface area (Å²) in [6.45, 7) is 2.80. The van der Waals surface area contributed by atoms with Crippen LogP contribution in [-0.4, -0.2) is 44.5 Å². The van der Waals surface area contributed by atoms with Gasteiger partial charge in [-0.1, -0.05) is 30.3 Å². The van der Waals surface area contributed by atoms with Crippen LogP contribution in [0.3, 0.4) is 0 Å². The van der Waals surface area contributed by atoms with Crippen LogP contribution in [0.4, 0.5) is 0 Å². The first kappa shape index (κ1) is 25.0. The van der Waals surface area contributed by atoms with Gasteiger partial charge in [-0.25, -0.2) is 0 Å². The first-order valence-electron chi connectivity index (χ1n) is 11.4. The molecule has 2 aromatic carbocycles. The summed E-state index contributed by atoms with van der Waals surface area (Å²) >= 11 is 1.73. The molecule has 0 bridgehead atoms. The fourth-order valence-electron chi connectivity index (χ4n) is 4.05. The summed E-state index contributed by atoms with van der Waals surface area (Å²) in [5.74, 6) is 2.65. The molecule has 2 aromatic heterocycles. The highest BCUT2D eigenvalue weighted by atomic mass is 32.1. The summed E-state index contributed by atoms with van der Waals surface area (Å²) in [4.78, 5) is 3.55. The van der Waals surface area contributed by atoms with Crippen molar-refractivity contribution in [3.63, 3.8) is 0 Å². The molecule has 4 aromatic rings. The number of benzene rings is 2. The summed E-state index contributed by atoms with van der Waals surface area (Å²) < 4.78 is 22.2. The molecule has 35 heavy (non-hydrogen) atoms. The van der Waals surface area contributed by atoms with E-state index in [1.54, 1.807) is 32.7 Å². The Labute approximate surface area is 210 Å². The van der Waals surface area contributed by atoms with E-state index in [0.717, 1.165) is 18.8 Å². The van der Waals surface area contributed by atoms with Gasteiger partial charge in [0.2, 0.25) is 0 Å². The molecule has 6 nitrogen and oxygen atoms in total. The second-order valence-electron chi connectivity index (χ2n) is 8.22. The number of nitrogens with zero attached hydrogens (tertiary/aromatic N) is 1. The van der Waals surface area contributed by atoms with E-state index in [1.807, 2.05) is 60.7 Å². The zero-order chi connectivity index (χ0) is 24.7. The Morgan fingerprint density at radius 2 is 1.46 bits per heavy atom. The van der Waals surface area contributed by atoms with Crippen LogP contribution in [0.25, 0.3) is 0 Å². The summed E-state index contributed by atoms with van der Waals surface area (Å²) in [7, 11) is 4.95. The summed E-state index contributed by atoms with van der Waals surface area (Å²) in [6.07, 6.45) is 0. The summed E-state index contributed by atoms with van der Waals surface area (Å²) in [5, 5.41) is 14.2. The quantitative estimate of drug-likeness (QED) is 0.289. The zero-order valence-electron chi connectivity index (χ0n) is 20.3. The molecule has 0 aliphatic rings. The molecule has 2 heterocycles. The van der Waals surface area contributed by atoms with Crippen molar-refractivity contribution in [3.05, 3.63) is 106 Å². The number of rotatable bonds is 12. The molecule has 0 saturated heterocycles. The maximum Gasteiger partial charge on any atom is 0.173 e. The Bertz CT molecular complexity index is 1120. The summed E-state index contributed by atoms with van der Waals surface area (Å²) in [6, 6.07) is 22.7. The molecule has 7 heteroatoms. The molecule has 0 saturated carbocycles. The highest BCUT2D eigenvalue weighted by molar-refractivity contribution is 7.09. The number of methoxy groups -OCH3 is 3. The van der Waals surface area contributed by atoms with E-state index >= 15 is 0 Å². The first-order chi connectivity index (χ1) is 17.1. The monoisotopic (exact) mass is 493 g/mol. The number of furan rings is 1. The standard InChI is InChI=1S/C28H31NO5S/c1-31-17-16-29(20-26-5-4-18-35-26)19-25-14-15-27(34-25)28(30,21-6-10-23(32-2)11-7-21)22-8-12-24(33-3)13-9-22/h4-15,18,30H,16-17,19-20H2,1-3H3. The van der Waals surface area contributed by atoms with Crippen molar-refractivity contribution in [3.8, 4) is 11.5 Å². The lowest BCUT2D eigenvalue weighted by Crippen LogP contribution is -2.28. The largest absolute Gasteiger partial charge is 0.497 e. The average Bonchev–Trinajstić information content (AvgIpc) is 3.59. The van der Waals surface area contributed by atoms with Crippen molar-refractivity contribution in [2.24, 2.45) is 0 Å². The molecular weight excluding hydrogens is 462 g/mol. The van der Waals surface area contributed by atoms with Gasteiger partial charge in [0.05, 0.1) is 27.4 Å². The van der Waals surface area contributed by atoms with Crippen LogP contribution in [-0.2, 0) is 23.4 Å². The minimum atomic E-state index is -1.48. The van der Waals surface area contributed by atoms with Gasteiger partial charge in [-0.2, -0.15) is 0 Å². The molecule has 184 valence electrons. The second kappa shape index (κ2) is 11.6. The minimum absolute atomic E-state index is 0.450. The van der Waals surface area contributed by atoms with Crippen molar-refractivity contribution in [2.75, 3.05) is 34.5 Å². The Hall–Kier alpha value is -3.10. The SMILES string of the molecule is COCCN(Cc1ccc(C(O)(c2ccc(OC)cc2)c2ccc(OC)cc2)o1)Cc1cccs1. The van der Waals surface area contributed by atoms with Crippen LogP contribution < -0.4 is 9.47 Å².